The van der Waals surface area contributed by atoms with Gasteiger partial charge in [-0.25, -0.2) is 18.4 Å². The van der Waals surface area contributed by atoms with E-state index in [2.05, 4.69) is 9.97 Å². The Kier molecular flexibility index (Phi) is 5.28. The van der Waals surface area contributed by atoms with Gasteiger partial charge in [0.25, 0.3) is 0 Å². The molecule has 6 nitrogen and oxygen atoms in total. The van der Waals surface area contributed by atoms with Gasteiger partial charge in [-0.2, -0.15) is 4.31 Å². The molecule has 7 heteroatoms. The second-order valence-corrected chi connectivity index (χ2v) is 8.92. The molecular weight excluding hydrogens is 374 g/mol. The minimum Gasteiger partial charge on any atom is -0.459 e. The summed E-state index contributed by atoms with van der Waals surface area (Å²) in [6, 6.07) is 13.3. The Hall–Kier alpha value is -2.51. The summed E-state index contributed by atoms with van der Waals surface area (Å²) >= 11 is 0. The van der Waals surface area contributed by atoms with Crippen molar-refractivity contribution in [3.8, 4) is 6.01 Å². The minimum atomic E-state index is -3.58. The Morgan fingerprint density at radius 1 is 1.11 bits per heavy atom. The van der Waals surface area contributed by atoms with E-state index in [9.17, 15) is 8.42 Å². The fourth-order valence-electron chi connectivity index (χ4n) is 3.43. The van der Waals surface area contributed by atoms with Crippen molar-refractivity contribution in [1.82, 2.24) is 14.3 Å². The van der Waals surface area contributed by atoms with Crippen molar-refractivity contribution in [3.05, 3.63) is 60.4 Å². The van der Waals surface area contributed by atoms with Crippen LogP contribution < -0.4 is 4.74 Å². The molecule has 1 fully saturated rings. The maximum atomic E-state index is 13.2. The standard InChI is InChI=1S/C21H23N3O3S/c1-2-16-13-22-21(23-14-16)27-19-8-5-11-24(15-19)28(25,26)20-10-9-17-6-3-4-7-18(17)12-20/h3-4,6-7,9-10,12-14,19H,2,5,8,11,15H2,1H3. The van der Waals surface area contributed by atoms with E-state index >= 15 is 0 Å². The van der Waals surface area contributed by atoms with Crippen molar-refractivity contribution >= 4 is 20.8 Å². The Balaban J connectivity index is 1.52. The SMILES string of the molecule is CCc1cnc(OC2CCCN(S(=O)(=O)c3ccc4ccccc4c3)C2)nc1. The number of rotatable bonds is 5. The Bertz CT molecular complexity index is 1070. The summed E-state index contributed by atoms with van der Waals surface area (Å²) in [5, 5.41) is 1.94. The van der Waals surface area contributed by atoms with E-state index in [1.165, 1.54) is 4.31 Å². The predicted octanol–water partition coefficient (Wildman–Crippen LogP) is 3.42. The number of aromatic nitrogens is 2. The van der Waals surface area contributed by atoms with Crippen LogP contribution in [0.1, 0.15) is 25.3 Å². The summed E-state index contributed by atoms with van der Waals surface area (Å²) in [6.45, 7) is 2.83. The molecule has 0 N–H and O–H groups in total. The van der Waals surface area contributed by atoms with E-state index in [0.717, 1.165) is 35.6 Å². The highest BCUT2D eigenvalue weighted by atomic mass is 32.2. The largest absolute Gasteiger partial charge is 0.459 e. The molecule has 0 saturated carbocycles. The quantitative estimate of drug-likeness (QED) is 0.660. The van der Waals surface area contributed by atoms with Gasteiger partial charge in [-0.1, -0.05) is 37.3 Å². The predicted molar refractivity (Wildman–Crippen MR) is 108 cm³/mol. The van der Waals surface area contributed by atoms with E-state index in [-0.39, 0.29) is 6.10 Å². The third kappa shape index (κ3) is 3.86. The van der Waals surface area contributed by atoms with Crippen molar-refractivity contribution in [2.45, 2.75) is 37.2 Å². The molecule has 4 rings (SSSR count). The summed E-state index contributed by atoms with van der Waals surface area (Å²) in [4.78, 5) is 8.76. The van der Waals surface area contributed by atoms with Crippen molar-refractivity contribution in [2.24, 2.45) is 0 Å². The molecular formula is C21H23N3O3S. The first-order chi connectivity index (χ1) is 13.6. The van der Waals surface area contributed by atoms with Crippen LogP contribution in [0.2, 0.25) is 0 Å². The summed E-state index contributed by atoms with van der Waals surface area (Å²) < 4.78 is 33.7. The average Bonchev–Trinajstić information content (AvgIpc) is 2.74. The Morgan fingerprint density at radius 3 is 2.61 bits per heavy atom. The van der Waals surface area contributed by atoms with Crippen molar-refractivity contribution in [3.63, 3.8) is 0 Å². The number of fused-ring (bicyclic) bond motifs is 1. The van der Waals surface area contributed by atoms with Crippen LogP contribution in [0.5, 0.6) is 6.01 Å². The zero-order chi connectivity index (χ0) is 19.6. The number of sulfonamides is 1. The highest BCUT2D eigenvalue weighted by molar-refractivity contribution is 7.89. The van der Waals surface area contributed by atoms with E-state index in [1.54, 1.807) is 24.5 Å². The van der Waals surface area contributed by atoms with E-state index in [0.29, 0.717) is 24.0 Å². The molecule has 1 atom stereocenters. The first kappa shape index (κ1) is 18.8. The fraction of sp³-hybridized carbons (Fsp3) is 0.333. The van der Waals surface area contributed by atoms with Crippen LogP contribution in [0.15, 0.2) is 59.8 Å². The molecule has 0 spiro atoms. The van der Waals surface area contributed by atoms with Gasteiger partial charge in [-0.3, -0.25) is 0 Å². The highest BCUT2D eigenvalue weighted by Crippen LogP contribution is 2.25. The number of hydrogen-bond acceptors (Lipinski definition) is 5. The second kappa shape index (κ2) is 7.85. The van der Waals surface area contributed by atoms with Crippen LogP contribution in [0.3, 0.4) is 0 Å². The lowest BCUT2D eigenvalue weighted by molar-refractivity contribution is 0.119. The molecule has 2 heterocycles. The summed E-state index contributed by atoms with van der Waals surface area (Å²) in [5.41, 5.74) is 1.04. The summed E-state index contributed by atoms with van der Waals surface area (Å²) in [5.74, 6) is 0. The van der Waals surface area contributed by atoms with Crippen molar-refractivity contribution in [1.29, 1.82) is 0 Å². The number of aryl methyl sites for hydroxylation is 1. The van der Waals surface area contributed by atoms with E-state index in [1.807, 2.05) is 37.3 Å². The van der Waals surface area contributed by atoms with Crippen LogP contribution in [-0.2, 0) is 16.4 Å². The lowest BCUT2D eigenvalue weighted by Crippen LogP contribution is -2.44. The van der Waals surface area contributed by atoms with Crippen LogP contribution >= 0.6 is 0 Å². The maximum absolute atomic E-state index is 13.2. The van der Waals surface area contributed by atoms with Gasteiger partial charge in [-0.05, 0) is 47.7 Å². The molecule has 0 amide bonds. The summed E-state index contributed by atoms with van der Waals surface area (Å²) in [6.07, 6.45) is 5.62. The van der Waals surface area contributed by atoms with Gasteiger partial charge in [0, 0.05) is 18.9 Å². The van der Waals surface area contributed by atoms with E-state index < -0.39 is 10.0 Å². The number of hydrogen-bond donors (Lipinski definition) is 0. The topological polar surface area (TPSA) is 72.4 Å². The van der Waals surface area contributed by atoms with Gasteiger partial charge < -0.3 is 4.74 Å². The molecule has 0 aliphatic carbocycles. The highest BCUT2D eigenvalue weighted by Gasteiger charge is 2.31. The molecule has 1 saturated heterocycles. The Labute approximate surface area is 165 Å². The van der Waals surface area contributed by atoms with Crippen LogP contribution in [0.4, 0.5) is 0 Å². The zero-order valence-electron chi connectivity index (χ0n) is 15.8. The lowest BCUT2D eigenvalue weighted by atomic mass is 10.1. The molecule has 28 heavy (non-hydrogen) atoms. The molecule has 0 radical (unpaired) electrons. The number of nitrogens with zero attached hydrogens (tertiary/aromatic N) is 3. The van der Waals surface area contributed by atoms with E-state index in [4.69, 9.17) is 4.74 Å². The molecule has 3 aromatic rings. The monoisotopic (exact) mass is 397 g/mol. The van der Waals surface area contributed by atoms with Gasteiger partial charge in [-0.15, -0.1) is 0 Å². The normalized spacial score (nSPS) is 18.2. The lowest BCUT2D eigenvalue weighted by Gasteiger charge is -2.31. The van der Waals surface area contributed by atoms with Crippen LogP contribution in [-0.4, -0.2) is 41.9 Å². The number of ether oxygens (including phenoxy) is 1. The molecule has 1 aliphatic heterocycles. The number of benzene rings is 2. The van der Waals surface area contributed by atoms with Gasteiger partial charge >= 0.3 is 6.01 Å². The minimum absolute atomic E-state index is 0.253. The van der Waals surface area contributed by atoms with Crippen LogP contribution in [0, 0.1) is 0 Å². The zero-order valence-corrected chi connectivity index (χ0v) is 16.6. The molecule has 1 unspecified atom stereocenters. The van der Waals surface area contributed by atoms with Gasteiger partial charge in [0.05, 0.1) is 11.4 Å². The van der Waals surface area contributed by atoms with Crippen molar-refractivity contribution in [2.75, 3.05) is 13.1 Å². The molecule has 1 aromatic heterocycles. The van der Waals surface area contributed by atoms with Gasteiger partial charge in [0.2, 0.25) is 10.0 Å². The summed E-state index contributed by atoms with van der Waals surface area (Å²) in [7, 11) is -3.58. The molecule has 2 aromatic carbocycles. The van der Waals surface area contributed by atoms with Crippen molar-refractivity contribution < 1.29 is 13.2 Å². The first-order valence-electron chi connectivity index (χ1n) is 9.53. The molecule has 146 valence electrons. The average molecular weight is 398 g/mol. The second-order valence-electron chi connectivity index (χ2n) is 6.98. The van der Waals surface area contributed by atoms with Crippen LogP contribution in [0.25, 0.3) is 10.8 Å². The Morgan fingerprint density at radius 2 is 1.86 bits per heavy atom. The number of piperidine rings is 1. The third-order valence-electron chi connectivity index (χ3n) is 5.06. The first-order valence-corrected chi connectivity index (χ1v) is 11.0. The fourth-order valence-corrected chi connectivity index (χ4v) is 4.98. The third-order valence-corrected chi connectivity index (χ3v) is 6.92. The molecule has 1 aliphatic rings. The van der Waals surface area contributed by atoms with Gasteiger partial charge in [0.1, 0.15) is 6.10 Å². The molecule has 0 bridgehead atoms. The maximum Gasteiger partial charge on any atom is 0.316 e. The smallest absolute Gasteiger partial charge is 0.316 e. The van der Waals surface area contributed by atoms with Gasteiger partial charge in [0.15, 0.2) is 0 Å².